The largest absolute Gasteiger partial charge is 0.609 e. The van der Waals surface area contributed by atoms with Crippen LogP contribution < -0.4 is 9.47 Å². The number of aromatic amines is 1. The Kier molecular flexibility index (Phi) is 2.27. The number of pyridine rings is 2. The quantitative estimate of drug-likeness (QED) is 0.705. The summed E-state index contributed by atoms with van der Waals surface area (Å²) in [7, 11) is 2.29. The van der Waals surface area contributed by atoms with Crippen molar-refractivity contribution in [2.45, 2.75) is 24.6 Å². The van der Waals surface area contributed by atoms with Gasteiger partial charge in [0, 0.05) is 42.7 Å². The first-order chi connectivity index (χ1) is 15.6. The maximum atomic E-state index is 13.1. The summed E-state index contributed by atoms with van der Waals surface area (Å²) in [6.45, 7) is -5.83. The molecule has 3 aromatic rings. The second-order valence-corrected chi connectivity index (χ2v) is 5.84. The molecule has 0 saturated heterocycles. The van der Waals surface area contributed by atoms with E-state index in [1.165, 1.54) is 7.11 Å². The fraction of sp³-hybridized carbons (Fsp3) is 0.312. The lowest BCUT2D eigenvalue weighted by Gasteiger charge is -2.13. The van der Waals surface area contributed by atoms with E-state index in [1.807, 2.05) is 0 Å². The Labute approximate surface area is 156 Å². The second kappa shape index (κ2) is 6.66. The summed E-state index contributed by atoms with van der Waals surface area (Å²) in [5.74, 6) is -1.45. The molecule has 1 N–H and O–H groups in total. The summed E-state index contributed by atoms with van der Waals surface area (Å²) in [6, 6.07) is -0.845. The molecule has 0 amide bonds. The number of aromatic nitrogens is 4. The maximum absolute atomic E-state index is 13.1. The van der Waals surface area contributed by atoms with Crippen LogP contribution in [-0.2, 0) is 16.9 Å². The molecule has 7 nitrogen and oxygen atoms in total. The molecule has 3 aromatic heterocycles. The molecule has 1 unspecified atom stereocenters. The first-order valence-corrected chi connectivity index (χ1v) is 7.85. The van der Waals surface area contributed by atoms with Crippen LogP contribution in [0.3, 0.4) is 0 Å². The molecule has 126 valence electrons. The van der Waals surface area contributed by atoms with Crippen molar-refractivity contribution in [3.05, 3.63) is 35.1 Å². The van der Waals surface area contributed by atoms with Gasteiger partial charge in [-0.25, -0.2) is 0 Å². The number of nitrogens with one attached hydrogen (secondary N) is 1. The number of fused-ring (bicyclic) bond motifs is 1. The third-order valence-corrected chi connectivity index (χ3v) is 4.16. The smallest absolute Gasteiger partial charge is 0.323 e. The molecule has 0 bridgehead atoms. The van der Waals surface area contributed by atoms with Gasteiger partial charge in [0.05, 0.1) is 29.5 Å². The lowest BCUT2D eigenvalue weighted by Crippen LogP contribution is -2.10. The summed E-state index contributed by atoms with van der Waals surface area (Å²) in [5.41, 5.74) is -2.10. The molecule has 0 aromatic carbocycles. The minimum Gasteiger partial charge on any atom is -0.609 e. The van der Waals surface area contributed by atoms with E-state index in [0.29, 0.717) is 4.98 Å². The molecule has 0 saturated carbocycles. The molecule has 0 aliphatic rings. The van der Waals surface area contributed by atoms with E-state index in [1.54, 1.807) is 0 Å². The fourth-order valence-electron chi connectivity index (χ4n) is 1.89. The van der Waals surface area contributed by atoms with Crippen LogP contribution in [0.2, 0.25) is 1.41 Å². The molecular weight excluding hydrogens is 328 g/mol. The van der Waals surface area contributed by atoms with Crippen molar-refractivity contribution in [1.82, 2.24) is 19.9 Å². The molecule has 3 heterocycles. The summed E-state index contributed by atoms with van der Waals surface area (Å²) in [6.07, 6.45) is -0.769. The summed E-state index contributed by atoms with van der Waals surface area (Å²) < 4.78 is 102. The minimum atomic E-state index is -2.93. The van der Waals surface area contributed by atoms with E-state index in [-0.39, 0.29) is 17.0 Å². The Morgan fingerprint density at radius 2 is 2.21 bits per heavy atom. The van der Waals surface area contributed by atoms with Crippen molar-refractivity contribution in [1.29, 1.82) is 0 Å². The van der Waals surface area contributed by atoms with Gasteiger partial charge in [-0.3, -0.25) is 9.96 Å². The molecule has 0 aliphatic heterocycles. The molecule has 8 heteroatoms. The first-order valence-electron chi connectivity index (χ1n) is 11.5. The molecule has 0 fully saturated rings. The standard InChI is InChI=1S/C16H18N4O3S/c1-9-7-17-12(10(2)14(9)23-4)8-24(21)16-18-11-5-6-13(22-3)19-15(11)20-16/h5-7H,8H2,1-4H3,(H,18,19,20)/i1D3,2D3,5D,6D,7D/hD. The van der Waals surface area contributed by atoms with Crippen molar-refractivity contribution in [2.24, 2.45) is 0 Å². The Morgan fingerprint density at radius 3 is 2.92 bits per heavy atom. The van der Waals surface area contributed by atoms with E-state index in [9.17, 15) is 4.55 Å². The molecule has 0 spiro atoms. The van der Waals surface area contributed by atoms with E-state index in [0.717, 1.165) is 7.11 Å². The van der Waals surface area contributed by atoms with Crippen LogP contribution in [0.1, 0.15) is 29.2 Å². The highest BCUT2D eigenvalue weighted by Gasteiger charge is 2.21. The van der Waals surface area contributed by atoms with Gasteiger partial charge in [0.2, 0.25) is 5.88 Å². The highest BCUT2D eigenvalue weighted by Crippen LogP contribution is 2.26. The lowest BCUT2D eigenvalue weighted by molar-refractivity contribution is 0.399. The molecule has 0 radical (unpaired) electrons. The fourth-order valence-corrected chi connectivity index (χ4v) is 2.86. The molecular formula is C16H18N4O3S. The van der Waals surface area contributed by atoms with Gasteiger partial charge in [0.1, 0.15) is 5.75 Å². The molecule has 0 aliphatic carbocycles. The second-order valence-electron chi connectivity index (χ2n) is 4.49. The highest BCUT2D eigenvalue weighted by atomic mass is 32.2. The van der Waals surface area contributed by atoms with Crippen LogP contribution in [0.5, 0.6) is 11.6 Å². The van der Waals surface area contributed by atoms with Crippen LogP contribution in [0.15, 0.2) is 23.4 Å². The van der Waals surface area contributed by atoms with Gasteiger partial charge < -0.3 is 14.0 Å². The number of imidazole rings is 1. The zero-order valence-corrected chi connectivity index (χ0v) is 13.4. The zero-order chi connectivity index (χ0) is 25.7. The van der Waals surface area contributed by atoms with E-state index in [4.69, 9.17) is 23.2 Å². The van der Waals surface area contributed by atoms with Gasteiger partial charge in [-0.15, -0.1) is 0 Å². The first kappa shape index (κ1) is 8.17. The van der Waals surface area contributed by atoms with E-state index in [2.05, 4.69) is 15.0 Å². The summed E-state index contributed by atoms with van der Waals surface area (Å²) >= 11 is -2.25. The minimum absolute atomic E-state index is 0.184. The van der Waals surface area contributed by atoms with Gasteiger partial charge in [0.15, 0.2) is 12.8 Å². The SMILES string of the molecule is [2H]c1nc(C[S+]([O-])c2nc3nc(OC)c([2H])c([2H])c3n2[2H])c(C([2H])([2H])[2H])c(OC)c1C([2H])([2H])[2H]. The van der Waals surface area contributed by atoms with Crippen molar-refractivity contribution in [3.63, 3.8) is 0 Å². The normalized spacial score (nSPS) is 19.5. The number of hydrogen-bond donors (Lipinski definition) is 1. The Morgan fingerprint density at radius 1 is 1.33 bits per heavy atom. The van der Waals surface area contributed by atoms with Gasteiger partial charge in [-0.1, -0.05) is 0 Å². The molecule has 1 atom stereocenters. The van der Waals surface area contributed by atoms with E-state index >= 15 is 0 Å². The van der Waals surface area contributed by atoms with Crippen LogP contribution in [-0.4, -0.2) is 38.7 Å². The van der Waals surface area contributed by atoms with E-state index < -0.39 is 76.6 Å². The topological polar surface area (TPSA) is 96.0 Å². The molecule has 3 rings (SSSR count). The average molecular weight is 356 g/mol. The van der Waals surface area contributed by atoms with Crippen LogP contribution >= 0.6 is 0 Å². The van der Waals surface area contributed by atoms with Gasteiger partial charge in [-0.05, 0) is 19.7 Å². The van der Waals surface area contributed by atoms with Crippen molar-refractivity contribution in [2.75, 3.05) is 14.2 Å². The summed E-state index contributed by atoms with van der Waals surface area (Å²) in [4.78, 5) is 12.2. The average Bonchev–Trinajstić information content (AvgIpc) is 3.04. The zero-order valence-electron chi connectivity index (χ0n) is 22.6. The Balaban J connectivity index is 2.18. The van der Waals surface area contributed by atoms with Crippen molar-refractivity contribution in [3.8, 4) is 11.6 Å². The number of nitrogens with zero attached hydrogens (tertiary/aromatic N) is 3. The third-order valence-electron chi connectivity index (χ3n) is 3.03. The maximum Gasteiger partial charge on any atom is 0.323 e. The van der Waals surface area contributed by atoms with Gasteiger partial charge in [0.25, 0.3) is 0 Å². The predicted molar refractivity (Wildman–Crippen MR) is 90.8 cm³/mol. The third kappa shape index (κ3) is 3.02. The number of rotatable bonds is 5. The monoisotopic (exact) mass is 356 g/mol. The number of H-pyrrole nitrogens is 1. The predicted octanol–water partition coefficient (Wildman–Crippen LogP) is 2.29. The number of hydrogen-bond acceptors (Lipinski definition) is 6. The van der Waals surface area contributed by atoms with Crippen molar-refractivity contribution >= 4 is 22.3 Å². The van der Waals surface area contributed by atoms with Crippen molar-refractivity contribution < 1.29 is 27.8 Å². The highest BCUT2D eigenvalue weighted by molar-refractivity contribution is 7.90. The molecule has 24 heavy (non-hydrogen) atoms. The van der Waals surface area contributed by atoms with Gasteiger partial charge >= 0.3 is 5.16 Å². The number of ether oxygens (including phenoxy) is 2. The Hall–Kier alpha value is -2.32. The summed E-state index contributed by atoms with van der Waals surface area (Å²) in [5, 5.41) is -0.424. The van der Waals surface area contributed by atoms with Crippen LogP contribution in [0.25, 0.3) is 11.2 Å². The lowest BCUT2D eigenvalue weighted by atomic mass is 10.1. The van der Waals surface area contributed by atoms with Gasteiger partial charge in [-0.2, -0.15) is 9.97 Å². The van der Waals surface area contributed by atoms with Crippen LogP contribution in [0, 0.1) is 13.7 Å². The Bertz CT molecular complexity index is 1260. The number of methoxy groups -OCH3 is 2. The van der Waals surface area contributed by atoms with Crippen LogP contribution in [0.4, 0.5) is 0 Å².